The minimum absolute atomic E-state index is 0.0435. The Hall–Kier alpha value is -2.65. The van der Waals surface area contributed by atoms with Crippen molar-refractivity contribution in [2.75, 3.05) is 24.7 Å². The molecule has 0 aliphatic carbocycles. The highest BCUT2D eigenvalue weighted by Crippen LogP contribution is 2.31. The number of hydrogen-bond acceptors (Lipinski definition) is 4. The zero-order chi connectivity index (χ0) is 23.0. The molecule has 2 fully saturated rings. The van der Waals surface area contributed by atoms with E-state index in [2.05, 4.69) is 4.98 Å². The van der Waals surface area contributed by atoms with Crippen LogP contribution in [0.3, 0.4) is 0 Å². The quantitative estimate of drug-likeness (QED) is 0.670. The van der Waals surface area contributed by atoms with E-state index >= 15 is 0 Å². The van der Waals surface area contributed by atoms with Gasteiger partial charge in [0.1, 0.15) is 18.4 Å². The zero-order valence-electron chi connectivity index (χ0n) is 17.2. The summed E-state index contributed by atoms with van der Waals surface area (Å²) in [4.78, 5) is 33.6. The highest BCUT2D eigenvalue weighted by Gasteiger charge is 2.43. The number of ether oxygens (including phenoxy) is 1. The summed E-state index contributed by atoms with van der Waals surface area (Å²) in [5, 5.41) is 0.425. The number of benzene rings is 1. The summed E-state index contributed by atoms with van der Waals surface area (Å²) in [5.41, 5.74) is 0.421. The number of pyridine rings is 1. The molecule has 1 unspecified atom stereocenters. The van der Waals surface area contributed by atoms with Crippen LogP contribution < -0.4 is 4.90 Å². The van der Waals surface area contributed by atoms with Crippen LogP contribution in [0, 0.1) is 12.8 Å². The van der Waals surface area contributed by atoms with Gasteiger partial charge in [-0.05, 0) is 42.7 Å². The lowest BCUT2D eigenvalue weighted by molar-refractivity contribution is -0.146. The van der Waals surface area contributed by atoms with Crippen molar-refractivity contribution in [3.05, 3.63) is 58.2 Å². The largest absolute Gasteiger partial charge is 0.416 e. The molecule has 170 valence electrons. The summed E-state index contributed by atoms with van der Waals surface area (Å²) >= 11 is 5.97. The summed E-state index contributed by atoms with van der Waals surface area (Å²) in [7, 11) is 0. The van der Waals surface area contributed by atoms with Crippen LogP contribution >= 0.6 is 11.6 Å². The first-order valence-corrected chi connectivity index (χ1v) is 10.5. The number of nitrogens with zero attached hydrogens (tertiary/aromatic N) is 3. The molecule has 3 heterocycles. The second-order valence-corrected chi connectivity index (χ2v) is 8.53. The Morgan fingerprint density at radius 1 is 1.19 bits per heavy atom. The molecule has 4 rings (SSSR count). The maximum Gasteiger partial charge on any atom is 0.416 e. The summed E-state index contributed by atoms with van der Waals surface area (Å²) in [6, 6.07) is 5.54. The van der Waals surface area contributed by atoms with Crippen LogP contribution in [0.25, 0.3) is 0 Å². The second-order valence-electron chi connectivity index (χ2n) is 8.09. The first-order chi connectivity index (χ1) is 15.1. The smallest absolute Gasteiger partial charge is 0.381 e. The van der Waals surface area contributed by atoms with Gasteiger partial charge in [0.15, 0.2) is 0 Å². The number of carbonyl (C=O) groups excluding carboxylic acids is 2. The molecule has 0 N–H and O–H groups in total. The number of halogens is 4. The Morgan fingerprint density at radius 3 is 2.44 bits per heavy atom. The second kappa shape index (κ2) is 8.71. The number of carbonyl (C=O) groups is 2. The number of piperazine rings is 1. The maximum absolute atomic E-state index is 13.4. The van der Waals surface area contributed by atoms with Gasteiger partial charge in [-0.3, -0.25) is 14.5 Å². The van der Waals surface area contributed by atoms with Crippen molar-refractivity contribution < 1.29 is 27.5 Å². The average molecular weight is 468 g/mol. The Balaban J connectivity index is 1.60. The fraction of sp³-hybridized carbons (Fsp3) is 0.409. The molecule has 2 amide bonds. The van der Waals surface area contributed by atoms with Gasteiger partial charge in [0, 0.05) is 18.7 Å². The lowest BCUT2D eigenvalue weighted by Gasteiger charge is -2.42. The summed E-state index contributed by atoms with van der Waals surface area (Å²) < 4.78 is 43.8. The van der Waals surface area contributed by atoms with E-state index in [0.717, 1.165) is 12.1 Å². The molecule has 2 aromatic rings. The Morgan fingerprint density at radius 2 is 1.88 bits per heavy atom. The molecule has 6 nitrogen and oxygen atoms in total. The van der Waals surface area contributed by atoms with E-state index < -0.39 is 17.8 Å². The number of amides is 2. The van der Waals surface area contributed by atoms with Crippen LogP contribution in [0.5, 0.6) is 0 Å². The van der Waals surface area contributed by atoms with Gasteiger partial charge >= 0.3 is 6.18 Å². The van der Waals surface area contributed by atoms with Crippen LogP contribution in [0.15, 0.2) is 36.5 Å². The SMILES string of the molecule is Cc1cc(Cl)cnc1N1CC(=O)N(Cc2ccc(C(F)(F)F)cc2)C(CC2COC2)C1=O. The van der Waals surface area contributed by atoms with E-state index in [9.17, 15) is 22.8 Å². The van der Waals surface area contributed by atoms with Gasteiger partial charge in [0.25, 0.3) is 5.91 Å². The molecule has 0 radical (unpaired) electrons. The van der Waals surface area contributed by atoms with E-state index in [1.54, 1.807) is 13.0 Å². The summed E-state index contributed by atoms with van der Waals surface area (Å²) in [5.74, 6) is -0.0740. The molecular weight excluding hydrogens is 447 g/mol. The van der Waals surface area contributed by atoms with Crippen molar-refractivity contribution >= 4 is 29.2 Å². The summed E-state index contributed by atoms with van der Waals surface area (Å²) in [6.45, 7) is 2.61. The van der Waals surface area contributed by atoms with E-state index in [1.165, 1.54) is 28.1 Å². The van der Waals surface area contributed by atoms with Crippen LogP contribution in [0.4, 0.5) is 19.0 Å². The predicted octanol–water partition coefficient (Wildman–Crippen LogP) is 3.84. The minimum Gasteiger partial charge on any atom is -0.381 e. The van der Waals surface area contributed by atoms with Crippen LogP contribution in [-0.2, 0) is 27.0 Å². The van der Waals surface area contributed by atoms with Gasteiger partial charge in [0.2, 0.25) is 5.91 Å². The normalized spacial score (nSPS) is 20.0. The van der Waals surface area contributed by atoms with Gasteiger partial charge in [-0.1, -0.05) is 23.7 Å². The average Bonchev–Trinajstić information content (AvgIpc) is 2.69. The van der Waals surface area contributed by atoms with E-state index in [1.807, 2.05) is 0 Å². The molecule has 1 aromatic heterocycles. The van der Waals surface area contributed by atoms with Crippen molar-refractivity contribution in [3.8, 4) is 0 Å². The Bertz CT molecular complexity index is 1030. The van der Waals surface area contributed by atoms with Crippen molar-refractivity contribution in [1.29, 1.82) is 0 Å². The lowest BCUT2D eigenvalue weighted by atomic mass is 9.94. The first kappa shape index (κ1) is 22.5. The van der Waals surface area contributed by atoms with Crippen molar-refractivity contribution in [1.82, 2.24) is 9.88 Å². The molecule has 2 saturated heterocycles. The number of anilines is 1. The highest BCUT2D eigenvalue weighted by molar-refractivity contribution is 6.30. The summed E-state index contributed by atoms with van der Waals surface area (Å²) in [6.07, 6.45) is -2.61. The Kier molecular flexibility index (Phi) is 6.13. The molecule has 2 aliphatic heterocycles. The lowest BCUT2D eigenvalue weighted by Crippen LogP contribution is -2.61. The standard InChI is InChI=1S/C22H21ClF3N3O3/c1-13-6-17(23)8-27-20(13)29-10-19(30)28(18(21(29)31)7-15-11-32-12-15)9-14-2-4-16(5-3-14)22(24,25)26/h2-6,8,15,18H,7,9-12H2,1H3. The number of aryl methyl sites for hydroxylation is 1. The van der Waals surface area contributed by atoms with Gasteiger partial charge in [-0.25, -0.2) is 4.98 Å². The fourth-order valence-corrected chi connectivity index (χ4v) is 4.16. The minimum atomic E-state index is -4.44. The molecule has 1 aromatic carbocycles. The predicted molar refractivity (Wildman–Crippen MR) is 111 cm³/mol. The topological polar surface area (TPSA) is 62.7 Å². The van der Waals surface area contributed by atoms with Crippen LogP contribution in [0.2, 0.25) is 5.02 Å². The number of rotatable bonds is 5. The molecule has 0 spiro atoms. The zero-order valence-corrected chi connectivity index (χ0v) is 18.0. The monoisotopic (exact) mass is 467 g/mol. The number of hydrogen-bond donors (Lipinski definition) is 0. The van der Waals surface area contributed by atoms with Gasteiger partial charge in [-0.2, -0.15) is 13.2 Å². The van der Waals surface area contributed by atoms with Crippen LogP contribution in [0.1, 0.15) is 23.1 Å². The number of aromatic nitrogens is 1. The van der Waals surface area contributed by atoms with Crippen LogP contribution in [-0.4, -0.2) is 47.5 Å². The molecule has 1 atom stereocenters. The number of alkyl halides is 3. The first-order valence-electron chi connectivity index (χ1n) is 10.1. The fourth-order valence-electron chi connectivity index (χ4n) is 3.94. The van der Waals surface area contributed by atoms with Gasteiger partial charge in [0.05, 0.1) is 23.8 Å². The molecule has 10 heteroatoms. The molecule has 2 aliphatic rings. The van der Waals surface area contributed by atoms with E-state index in [4.69, 9.17) is 16.3 Å². The van der Waals surface area contributed by atoms with Crippen molar-refractivity contribution in [3.63, 3.8) is 0 Å². The molecule has 0 saturated carbocycles. The molecular formula is C22H21ClF3N3O3. The van der Waals surface area contributed by atoms with E-state index in [0.29, 0.717) is 41.6 Å². The molecule has 0 bridgehead atoms. The highest BCUT2D eigenvalue weighted by atomic mass is 35.5. The third-order valence-corrected chi connectivity index (χ3v) is 5.92. The third kappa shape index (κ3) is 4.59. The Labute approximate surface area is 187 Å². The van der Waals surface area contributed by atoms with Crippen molar-refractivity contribution in [2.24, 2.45) is 5.92 Å². The van der Waals surface area contributed by atoms with Gasteiger partial charge in [-0.15, -0.1) is 0 Å². The van der Waals surface area contributed by atoms with E-state index in [-0.39, 0.29) is 30.8 Å². The third-order valence-electron chi connectivity index (χ3n) is 5.71. The maximum atomic E-state index is 13.4. The van der Waals surface area contributed by atoms with Gasteiger partial charge < -0.3 is 9.64 Å². The van der Waals surface area contributed by atoms with Crippen molar-refractivity contribution in [2.45, 2.75) is 32.1 Å². The molecule has 32 heavy (non-hydrogen) atoms.